The van der Waals surface area contributed by atoms with Crippen LogP contribution in [0, 0.1) is 6.92 Å². The van der Waals surface area contributed by atoms with Crippen molar-refractivity contribution in [2.75, 3.05) is 7.11 Å². The molecule has 0 aromatic carbocycles. The van der Waals surface area contributed by atoms with Gasteiger partial charge in [0.1, 0.15) is 5.56 Å². The Kier molecular flexibility index (Phi) is 4.51. The quantitative estimate of drug-likeness (QED) is 0.524. The molecule has 4 rings (SSSR count). The lowest BCUT2D eigenvalue weighted by Crippen LogP contribution is -2.21. The molecule has 0 unspecified atom stereocenters. The van der Waals surface area contributed by atoms with Crippen LogP contribution in [0.15, 0.2) is 34.9 Å². The van der Waals surface area contributed by atoms with Gasteiger partial charge in [0.15, 0.2) is 5.65 Å². The van der Waals surface area contributed by atoms with Crippen LogP contribution in [-0.2, 0) is 11.3 Å². The normalized spacial score (nSPS) is 14.5. The van der Waals surface area contributed by atoms with Gasteiger partial charge in [-0.25, -0.2) is 14.3 Å². The largest absolute Gasteiger partial charge is 0.465 e. The first-order valence-electron chi connectivity index (χ1n) is 9.24. The summed E-state index contributed by atoms with van der Waals surface area (Å²) in [5.41, 5.74) is 3.23. The second-order valence-corrected chi connectivity index (χ2v) is 6.92. The number of esters is 1. The van der Waals surface area contributed by atoms with Crippen LogP contribution >= 0.6 is 0 Å². The molecule has 3 heterocycles. The number of carbonyl (C=O) groups is 1. The fourth-order valence-electron chi connectivity index (χ4n) is 3.73. The smallest absolute Gasteiger partial charge is 0.343 e. The Balaban J connectivity index is 1.75. The number of nitrogens with zero attached hydrogens (tertiary/aromatic N) is 4. The molecule has 0 saturated heterocycles. The predicted octanol–water partition coefficient (Wildman–Crippen LogP) is 3.03. The van der Waals surface area contributed by atoms with Gasteiger partial charge < -0.3 is 9.30 Å². The molecule has 0 amide bonds. The van der Waals surface area contributed by atoms with Gasteiger partial charge in [0.05, 0.1) is 23.7 Å². The molecule has 0 atom stereocenters. The molecule has 3 aromatic rings. The molecule has 7 heteroatoms. The van der Waals surface area contributed by atoms with E-state index in [0.29, 0.717) is 34.4 Å². The van der Waals surface area contributed by atoms with Crippen molar-refractivity contribution in [3.8, 4) is 0 Å². The number of allylic oxidation sites excluding steroid dienone is 2. The number of hydrogen-bond acceptors (Lipinski definition) is 5. The summed E-state index contributed by atoms with van der Waals surface area (Å²) in [6, 6.07) is 1.86. The molecular formula is C20H22N4O3. The lowest BCUT2D eigenvalue weighted by Gasteiger charge is -2.13. The number of hydrogen-bond donors (Lipinski definition) is 0. The van der Waals surface area contributed by atoms with Crippen molar-refractivity contribution in [2.45, 2.75) is 45.6 Å². The van der Waals surface area contributed by atoms with E-state index in [2.05, 4.69) is 16.2 Å². The first-order chi connectivity index (χ1) is 13.1. The van der Waals surface area contributed by atoms with E-state index in [9.17, 15) is 9.59 Å². The van der Waals surface area contributed by atoms with Crippen LogP contribution in [0.2, 0.25) is 0 Å². The highest BCUT2D eigenvalue weighted by Crippen LogP contribution is 2.21. The summed E-state index contributed by atoms with van der Waals surface area (Å²) in [5.74, 6) is -0.483. The maximum atomic E-state index is 12.9. The van der Waals surface area contributed by atoms with Gasteiger partial charge in [-0.15, -0.1) is 0 Å². The van der Waals surface area contributed by atoms with E-state index in [4.69, 9.17) is 4.74 Å². The van der Waals surface area contributed by atoms with Gasteiger partial charge in [-0.3, -0.25) is 4.79 Å². The van der Waals surface area contributed by atoms with E-state index < -0.39 is 5.97 Å². The number of carbonyl (C=O) groups excluding carboxylic acids is 1. The highest BCUT2D eigenvalue weighted by Gasteiger charge is 2.20. The third kappa shape index (κ3) is 3.03. The van der Waals surface area contributed by atoms with Crippen LogP contribution < -0.4 is 5.56 Å². The molecule has 0 spiro atoms. The number of pyridine rings is 1. The van der Waals surface area contributed by atoms with Gasteiger partial charge in [-0.1, -0.05) is 11.6 Å². The Hall–Kier alpha value is -2.96. The average molecular weight is 366 g/mol. The zero-order valence-corrected chi connectivity index (χ0v) is 15.6. The molecule has 0 saturated carbocycles. The number of ether oxygens (including phenoxy) is 1. The van der Waals surface area contributed by atoms with E-state index in [1.807, 2.05) is 6.07 Å². The molecule has 27 heavy (non-hydrogen) atoms. The van der Waals surface area contributed by atoms with Crippen molar-refractivity contribution >= 4 is 22.5 Å². The highest BCUT2D eigenvalue weighted by atomic mass is 16.5. The van der Waals surface area contributed by atoms with Crippen LogP contribution in [0.5, 0.6) is 0 Å². The van der Waals surface area contributed by atoms with Crippen molar-refractivity contribution < 1.29 is 9.53 Å². The van der Waals surface area contributed by atoms with Gasteiger partial charge in [-0.05, 0) is 45.1 Å². The minimum Gasteiger partial charge on any atom is -0.465 e. The third-order valence-corrected chi connectivity index (χ3v) is 5.21. The molecule has 0 aliphatic heterocycles. The molecule has 0 bridgehead atoms. The van der Waals surface area contributed by atoms with Crippen molar-refractivity contribution in [3.05, 3.63) is 51.7 Å². The van der Waals surface area contributed by atoms with E-state index in [1.54, 1.807) is 22.2 Å². The van der Waals surface area contributed by atoms with Crippen LogP contribution in [0.25, 0.3) is 16.6 Å². The Morgan fingerprint density at radius 3 is 2.93 bits per heavy atom. The Morgan fingerprint density at radius 1 is 1.33 bits per heavy atom. The molecule has 140 valence electrons. The topological polar surface area (TPSA) is 78.5 Å². The monoisotopic (exact) mass is 366 g/mol. The molecule has 0 radical (unpaired) electrons. The van der Waals surface area contributed by atoms with Crippen LogP contribution in [0.1, 0.15) is 48.2 Å². The zero-order chi connectivity index (χ0) is 19.0. The standard InChI is InChI=1S/C20H22N4O3/c1-13-17(20(26)27-2)18-21-12-15-16(24(18)22-13)9-11-23(19(15)25)10-8-14-6-4-3-5-7-14/h6,9,11-12H,3-5,7-8,10H2,1-2H3. The van der Waals surface area contributed by atoms with Crippen molar-refractivity contribution in [1.29, 1.82) is 0 Å². The van der Waals surface area contributed by atoms with E-state index in [0.717, 1.165) is 19.3 Å². The van der Waals surface area contributed by atoms with Crippen molar-refractivity contribution in [2.24, 2.45) is 0 Å². The minimum atomic E-state index is -0.483. The van der Waals surface area contributed by atoms with E-state index in [-0.39, 0.29) is 5.56 Å². The molecule has 3 aromatic heterocycles. The fourth-order valence-corrected chi connectivity index (χ4v) is 3.73. The second kappa shape index (κ2) is 6.98. The van der Waals surface area contributed by atoms with E-state index in [1.165, 1.54) is 31.7 Å². The minimum absolute atomic E-state index is 0.0916. The van der Waals surface area contributed by atoms with Crippen LogP contribution in [-0.4, -0.2) is 32.2 Å². The highest BCUT2D eigenvalue weighted by molar-refractivity contribution is 5.98. The Morgan fingerprint density at radius 2 is 2.19 bits per heavy atom. The molecule has 1 aliphatic rings. The molecule has 0 N–H and O–H groups in total. The van der Waals surface area contributed by atoms with Gasteiger partial charge >= 0.3 is 5.97 Å². The summed E-state index contributed by atoms with van der Waals surface area (Å²) in [6.07, 6.45) is 11.3. The van der Waals surface area contributed by atoms with E-state index >= 15 is 0 Å². The maximum absolute atomic E-state index is 12.9. The molecular weight excluding hydrogens is 344 g/mol. The zero-order valence-electron chi connectivity index (χ0n) is 15.6. The lowest BCUT2D eigenvalue weighted by atomic mass is 9.97. The summed E-state index contributed by atoms with van der Waals surface area (Å²) >= 11 is 0. The number of methoxy groups -OCH3 is 1. The number of aromatic nitrogens is 4. The third-order valence-electron chi connectivity index (χ3n) is 5.21. The first kappa shape index (κ1) is 17.5. The summed E-state index contributed by atoms with van der Waals surface area (Å²) in [5, 5.41) is 4.88. The van der Waals surface area contributed by atoms with Gasteiger partial charge in [0, 0.05) is 18.9 Å². The van der Waals surface area contributed by atoms with Crippen molar-refractivity contribution in [1.82, 2.24) is 19.2 Å². The summed E-state index contributed by atoms with van der Waals surface area (Å²) < 4.78 is 8.10. The fraction of sp³-hybridized carbons (Fsp3) is 0.400. The molecule has 7 nitrogen and oxygen atoms in total. The maximum Gasteiger partial charge on any atom is 0.343 e. The van der Waals surface area contributed by atoms with Crippen LogP contribution in [0.4, 0.5) is 0 Å². The summed E-state index contributed by atoms with van der Waals surface area (Å²) in [6.45, 7) is 2.38. The SMILES string of the molecule is COC(=O)c1c(C)nn2c1ncc1c(=O)n(CCC3=CCCCC3)ccc12. The average Bonchev–Trinajstić information content (AvgIpc) is 3.04. The van der Waals surface area contributed by atoms with Gasteiger partial charge in [0.2, 0.25) is 0 Å². The summed E-state index contributed by atoms with van der Waals surface area (Å²) in [7, 11) is 1.33. The number of aryl methyl sites for hydroxylation is 2. The van der Waals surface area contributed by atoms with Crippen LogP contribution in [0.3, 0.4) is 0 Å². The first-order valence-corrected chi connectivity index (χ1v) is 9.24. The van der Waals surface area contributed by atoms with Gasteiger partial charge in [0.25, 0.3) is 5.56 Å². The lowest BCUT2D eigenvalue weighted by molar-refractivity contribution is 0.0602. The molecule has 0 fully saturated rings. The predicted molar refractivity (Wildman–Crippen MR) is 102 cm³/mol. The Bertz CT molecular complexity index is 1120. The van der Waals surface area contributed by atoms with Crippen molar-refractivity contribution in [3.63, 3.8) is 0 Å². The van der Waals surface area contributed by atoms with Gasteiger partial charge in [-0.2, -0.15) is 5.10 Å². The number of rotatable bonds is 4. The summed E-state index contributed by atoms with van der Waals surface area (Å²) in [4.78, 5) is 29.2. The Labute approximate surface area is 156 Å². The second-order valence-electron chi connectivity index (χ2n) is 6.92. The molecule has 1 aliphatic carbocycles. The number of fused-ring (bicyclic) bond motifs is 3.